The molecular formula is C21H26N6O. The number of rotatable bonds is 2. The molecule has 0 bridgehead atoms. The van der Waals surface area contributed by atoms with Crippen molar-refractivity contribution in [3.63, 3.8) is 0 Å². The predicted octanol–water partition coefficient (Wildman–Crippen LogP) is 2.42. The summed E-state index contributed by atoms with van der Waals surface area (Å²) >= 11 is 0. The topological polar surface area (TPSA) is 92.8 Å². The largest absolute Gasteiger partial charge is 0.342 e. The average Bonchev–Trinajstić information content (AvgIpc) is 3.30. The van der Waals surface area contributed by atoms with E-state index in [0.29, 0.717) is 23.0 Å². The Morgan fingerprint density at radius 1 is 1.18 bits per heavy atom. The number of H-pyrrole nitrogens is 1. The number of nitrogens with two attached hydrogens (primary N) is 1. The number of aromatic nitrogens is 4. The highest BCUT2D eigenvalue weighted by atomic mass is 16.1. The summed E-state index contributed by atoms with van der Waals surface area (Å²) < 4.78 is 1.66. The predicted molar refractivity (Wildman–Crippen MR) is 110 cm³/mol. The number of hydrogen-bond acceptors (Lipinski definition) is 5. The standard InChI is InChI=1S/C21H26N6O/c1-26-19(28)16-17(14-6-3-2-4-7-14)24-25-18(16)23-20(26)27-12-10-21(11-13-27)9-5-8-15(21)22/h2-4,6-7,15H,5,8-13,22H2,1H3,(H,24,25)/t15-/m1/s1. The van der Waals surface area contributed by atoms with E-state index in [1.165, 1.54) is 12.8 Å². The highest BCUT2D eigenvalue weighted by molar-refractivity contribution is 5.90. The van der Waals surface area contributed by atoms with Crippen molar-refractivity contribution in [2.45, 2.75) is 38.1 Å². The van der Waals surface area contributed by atoms with E-state index in [9.17, 15) is 4.79 Å². The number of fused-ring (bicyclic) bond motifs is 1. The molecule has 1 spiro atoms. The minimum absolute atomic E-state index is 0.0644. The molecule has 3 N–H and O–H groups in total. The smallest absolute Gasteiger partial charge is 0.266 e. The molecule has 7 nitrogen and oxygen atoms in total. The highest BCUT2D eigenvalue weighted by Crippen LogP contribution is 2.45. The molecule has 2 fully saturated rings. The molecule has 1 atom stereocenters. The van der Waals surface area contributed by atoms with Gasteiger partial charge in [-0.2, -0.15) is 10.1 Å². The molecule has 3 aromatic rings. The Bertz CT molecular complexity index is 1060. The van der Waals surface area contributed by atoms with Crippen LogP contribution in [-0.2, 0) is 7.05 Å². The van der Waals surface area contributed by atoms with Crippen LogP contribution in [0.15, 0.2) is 35.1 Å². The van der Waals surface area contributed by atoms with Gasteiger partial charge in [-0.1, -0.05) is 36.8 Å². The molecule has 0 amide bonds. The number of nitrogens with one attached hydrogen (secondary N) is 1. The highest BCUT2D eigenvalue weighted by Gasteiger charge is 2.43. The van der Waals surface area contributed by atoms with Gasteiger partial charge in [0, 0.05) is 31.7 Å². The maximum atomic E-state index is 13.2. The third kappa shape index (κ3) is 2.57. The van der Waals surface area contributed by atoms with Crippen molar-refractivity contribution in [3.05, 3.63) is 40.7 Å². The molecule has 2 aliphatic rings. The van der Waals surface area contributed by atoms with E-state index in [1.54, 1.807) is 11.6 Å². The van der Waals surface area contributed by atoms with Gasteiger partial charge in [-0.05, 0) is 31.1 Å². The van der Waals surface area contributed by atoms with E-state index in [4.69, 9.17) is 10.7 Å². The monoisotopic (exact) mass is 378 g/mol. The van der Waals surface area contributed by atoms with Crippen LogP contribution >= 0.6 is 0 Å². The minimum atomic E-state index is -0.0644. The lowest BCUT2D eigenvalue weighted by Crippen LogP contribution is -2.48. The summed E-state index contributed by atoms with van der Waals surface area (Å²) in [5, 5.41) is 7.90. The molecule has 0 radical (unpaired) electrons. The summed E-state index contributed by atoms with van der Waals surface area (Å²) in [6, 6.07) is 10.1. The fourth-order valence-electron chi connectivity index (χ4n) is 5.08. The Kier molecular flexibility index (Phi) is 4.01. The van der Waals surface area contributed by atoms with Crippen LogP contribution in [-0.4, -0.2) is 38.9 Å². The van der Waals surface area contributed by atoms with Gasteiger partial charge in [0.15, 0.2) is 5.65 Å². The number of anilines is 1. The molecule has 0 unspecified atom stereocenters. The number of benzene rings is 1. The zero-order valence-corrected chi connectivity index (χ0v) is 16.2. The van der Waals surface area contributed by atoms with Gasteiger partial charge < -0.3 is 10.6 Å². The lowest BCUT2D eigenvalue weighted by Gasteiger charge is -2.42. The van der Waals surface area contributed by atoms with Crippen LogP contribution in [0.25, 0.3) is 22.3 Å². The van der Waals surface area contributed by atoms with Gasteiger partial charge in [0.1, 0.15) is 5.39 Å². The SMILES string of the molecule is Cn1c(N2CCC3(CCC[C@H]3N)CC2)nc2n[nH]c(-c3ccccc3)c2c1=O. The number of aromatic amines is 1. The summed E-state index contributed by atoms with van der Waals surface area (Å²) in [5.41, 5.74) is 8.78. The van der Waals surface area contributed by atoms with Crippen molar-refractivity contribution in [1.29, 1.82) is 0 Å². The summed E-state index contributed by atoms with van der Waals surface area (Å²) in [4.78, 5) is 20.1. The van der Waals surface area contributed by atoms with Crippen molar-refractivity contribution in [3.8, 4) is 11.3 Å². The molecule has 146 valence electrons. The molecular weight excluding hydrogens is 352 g/mol. The maximum Gasteiger partial charge on any atom is 0.266 e. The Balaban J connectivity index is 1.50. The van der Waals surface area contributed by atoms with Gasteiger partial charge in [-0.3, -0.25) is 14.5 Å². The summed E-state index contributed by atoms with van der Waals surface area (Å²) in [6.07, 6.45) is 5.74. The second-order valence-electron chi connectivity index (χ2n) is 8.29. The third-order valence-corrected chi connectivity index (χ3v) is 6.85. The molecule has 3 heterocycles. The molecule has 5 rings (SSSR count). The van der Waals surface area contributed by atoms with Gasteiger partial charge in [-0.15, -0.1) is 0 Å². The third-order valence-electron chi connectivity index (χ3n) is 6.85. The van der Waals surface area contributed by atoms with E-state index >= 15 is 0 Å². The van der Waals surface area contributed by atoms with Crippen LogP contribution in [0.2, 0.25) is 0 Å². The summed E-state index contributed by atoms with van der Waals surface area (Å²) in [5.74, 6) is 0.699. The molecule has 1 aliphatic heterocycles. The average molecular weight is 378 g/mol. The minimum Gasteiger partial charge on any atom is -0.342 e. The van der Waals surface area contributed by atoms with E-state index in [2.05, 4.69) is 15.1 Å². The van der Waals surface area contributed by atoms with Crippen LogP contribution in [0.3, 0.4) is 0 Å². The van der Waals surface area contributed by atoms with Gasteiger partial charge in [0.25, 0.3) is 5.56 Å². The van der Waals surface area contributed by atoms with Crippen molar-refractivity contribution in [2.24, 2.45) is 18.2 Å². The zero-order valence-electron chi connectivity index (χ0n) is 16.2. The van der Waals surface area contributed by atoms with Gasteiger partial charge in [0.05, 0.1) is 5.69 Å². The van der Waals surface area contributed by atoms with Crippen LogP contribution in [0, 0.1) is 5.41 Å². The first-order valence-electron chi connectivity index (χ1n) is 10.1. The Morgan fingerprint density at radius 3 is 2.61 bits per heavy atom. The van der Waals surface area contributed by atoms with E-state index in [0.717, 1.165) is 43.6 Å². The van der Waals surface area contributed by atoms with Crippen LogP contribution < -0.4 is 16.2 Å². The van der Waals surface area contributed by atoms with Crippen molar-refractivity contribution >= 4 is 17.0 Å². The normalized spacial score (nSPS) is 21.6. The van der Waals surface area contributed by atoms with Crippen molar-refractivity contribution < 1.29 is 0 Å². The Labute approximate surface area is 163 Å². The molecule has 1 aliphatic carbocycles. The fourth-order valence-corrected chi connectivity index (χ4v) is 5.08. The summed E-state index contributed by atoms with van der Waals surface area (Å²) in [7, 11) is 1.80. The van der Waals surface area contributed by atoms with E-state index in [-0.39, 0.29) is 11.0 Å². The zero-order chi connectivity index (χ0) is 19.3. The number of nitrogens with zero attached hydrogens (tertiary/aromatic N) is 4. The maximum absolute atomic E-state index is 13.2. The van der Waals surface area contributed by atoms with Crippen LogP contribution in [0.5, 0.6) is 0 Å². The second-order valence-corrected chi connectivity index (χ2v) is 8.29. The van der Waals surface area contributed by atoms with E-state index in [1.807, 2.05) is 30.3 Å². The molecule has 2 aromatic heterocycles. The second kappa shape index (κ2) is 6.44. The fraction of sp³-hybridized carbons (Fsp3) is 0.476. The van der Waals surface area contributed by atoms with Gasteiger partial charge in [0.2, 0.25) is 5.95 Å². The molecule has 7 heteroatoms. The summed E-state index contributed by atoms with van der Waals surface area (Å²) in [6.45, 7) is 1.77. The van der Waals surface area contributed by atoms with Crippen LogP contribution in [0.1, 0.15) is 32.1 Å². The Morgan fingerprint density at radius 2 is 1.93 bits per heavy atom. The Hall–Kier alpha value is -2.67. The first-order valence-corrected chi connectivity index (χ1v) is 10.1. The number of hydrogen-bond donors (Lipinski definition) is 2. The van der Waals surface area contributed by atoms with Gasteiger partial charge >= 0.3 is 0 Å². The van der Waals surface area contributed by atoms with Gasteiger partial charge in [-0.25, -0.2) is 0 Å². The molecule has 1 saturated heterocycles. The molecule has 1 aromatic carbocycles. The van der Waals surface area contributed by atoms with Crippen LogP contribution in [0.4, 0.5) is 5.95 Å². The van der Waals surface area contributed by atoms with E-state index < -0.39 is 0 Å². The first kappa shape index (κ1) is 17.4. The molecule has 1 saturated carbocycles. The molecule has 28 heavy (non-hydrogen) atoms. The quantitative estimate of drug-likeness (QED) is 0.714. The number of piperidine rings is 1. The lowest BCUT2D eigenvalue weighted by molar-refractivity contribution is 0.196. The first-order chi connectivity index (χ1) is 13.6. The lowest BCUT2D eigenvalue weighted by atomic mass is 9.74. The van der Waals surface area contributed by atoms with Crippen molar-refractivity contribution in [1.82, 2.24) is 19.7 Å². The van der Waals surface area contributed by atoms with Crippen molar-refractivity contribution in [2.75, 3.05) is 18.0 Å².